The summed E-state index contributed by atoms with van der Waals surface area (Å²) in [6.07, 6.45) is 3.25. The third kappa shape index (κ3) is 3.65. The van der Waals surface area contributed by atoms with E-state index in [1.165, 1.54) is 22.3 Å². The summed E-state index contributed by atoms with van der Waals surface area (Å²) < 4.78 is 0. The lowest BCUT2D eigenvalue weighted by Crippen LogP contribution is -2.26. The molecule has 1 aliphatic carbocycles. The summed E-state index contributed by atoms with van der Waals surface area (Å²) in [7, 11) is 0. The summed E-state index contributed by atoms with van der Waals surface area (Å²) in [5.41, 5.74) is 11.6. The molecule has 0 bridgehead atoms. The first kappa shape index (κ1) is 16.7. The lowest BCUT2D eigenvalue weighted by Gasteiger charge is -2.21. The molecule has 0 radical (unpaired) electrons. The van der Waals surface area contributed by atoms with E-state index in [0.717, 1.165) is 36.2 Å². The minimum atomic E-state index is 0.522. The third-order valence-corrected chi connectivity index (χ3v) is 4.65. The highest BCUT2D eigenvalue weighted by Crippen LogP contribution is 2.26. The standard InChI is InChI=1S/C20H23N3S/c1-13-11-15(3)16-8-6-10-19(17(16)12-13)22-23-20(24)21-18-9-5-4-7-14(18)2/h4-5,7,9,11-12H,6,8,10H2,1-3H3,(H2,21,23,24)/b22-19-. The summed E-state index contributed by atoms with van der Waals surface area (Å²) in [5, 5.41) is 8.33. The number of hydrogen-bond acceptors (Lipinski definition) is 2. The SMILES string of the molecule is Cc1cc(C)c2c(c1)/C(=N\NC(=S)Nc1ccccc1C)CCC2. The molecule has 2 N–H and O–H groups in total. The largest absolute Gasteiger partial charge is 0.331 e. The van der Waals surface area contributed by atoms with Crippen LogP contribution < -0.4 is 10.7 Å². The number of fused-ring (bicyclic) bond motifs is 1. The van der Waals surface area contributed by atoms with Gasteiger partial charge < -0.3 is 5.32 Å². The number of aryl methyl sites for hydroxylation is 3. The van der Waals surface area contributed by atoms with Crippen LogP contribution in [0.2, 0.25) is 0 Å². The zero-order chi connectivity index (χ0) is 17.1. The molecule has 0 saturated carbocycles. The second kappa shape index (κ2) is 7.14. The molecule has 2 aromatic carbocycles. The molecule has 0 aliphatic heterocycles. The van der Waals surface area contributed by atoms with Gasteiger partial charge in [-0.05, 0) is 81.1 Å². The van der Waals surface area contributed by atoms with Gasteiger partial charge in [0.25, 0.3) is 0 Å². The molecule has 1 aliphatic rings. The lowest BCUT2D eigenvalue weighted by atomic mass is 9.86. The fraction of sp³-hybridized carbons (Fsp3) is 0.300. The van der Waals surface area contributed by atoms with Gasteiger partial charge in [0.2, 0.25) is 0 Å². The van der Waals surface area contributed by atoms with Crippen LogP contribution >= 0.6 is 12.2 Å². The van der Waals surface area contributed by atoms with Crippen LogP contribution in [0.3, 0.4) is 0 Å². The van der Waals surface area contributed by atoms with Crippen LogP contribution in [0, 0.1) is 20.8 Å². The van der Waals surface area contributed by atoms with E-state index in [1.54, 1.807) is 0 Å². The monoisotopic (exact) mass is 337 g/mol. The van der Waals surface area contributed by atoms with Gasteiger partial charge in [-0.1, -0.05) is 29.8 Å². The van der Waals surface area contributed by atoms with E-state index >= 15 is 0 Å². The number of thiocarbonyl (C=S) groups is 1. The van der Waals surface area contributed by atoms with E-state index in [1.807, 2.05) is 18.2 Å². The number of rotatable bonds is 2. The average Bonchev–Trinajstić information content (AvgIpc) is 2.55. The molecular formula is C20H23N3S. The summed E-state index contributed by atoms with van der Waals surface area (Å²) >= 11 is 5.39. The van der Waals surface area contributed by atoms with Gasteiger partial charge in [0.1, 0.15) is 0 Å². The number of nitrogens with zero attached hydrogens (tertiary/aromatic N) is 1. The first-order valence-corrected chi connectivity index (χ1v) is 8.75. The van der Waals surface area contributed by atoms with Crippen molar-refractivity contribution in [1.82, 2.24) is 5.43 Å². The first-order chi connectivity index (χ1) is 11.5. The van der Waals surface area contributed by atoms with Crippen LogP contribution in [0.1, 0.15) is 40.7 Å². The minimum absolute atomic E-state index is 0.522. The van der Waals surface area contributed by atoms with Gasteiger partial charge in [-0.3, -0.25) is 5.43 Å². The predicted octanol–water partition coefficient (Wildman–Crippen LogP) is 4.64. The van der Waals surface area contributed by atoms with Crippen molar-refractivity contribution in [2.75, 3.05) is 5.32 Å². The van der Waals surface area contributed by atoms with Crippen molar-refractivity contribution in [2.24, 2.45) is 5.10 Å². The maximum Gasteiger partial charge on any atom is 0.191 e. The van der Waals surface area contributed by atoms with E-state index < -0.39 is 0 Å². The van der Waals surface area contributed by atoms with Crippen LogP contribution in [-0.2, 0) is 6.42 Å². The Balaban J connectivity index is 1.77. The maximum absolute atomic E-state index is 5.39. The predicted molar refractivity (Wildman–Crippen MR) is 106 cm³/mol. The fourth-order valence-corrected chi connectivity index (χ4v) is 3.41. The lowest BCUT2D eigenvalue weighted by molar-refractivity contribution is 0.821. The smallest absolute Gasteiger partial charge is 0.191 e. The zero-order valence-electron chi connectivity index (χ0n) is 14.4. The molecule has 4 heteroatoms. The summed E-state index contributed by atoms with van der Waals surface area (Å²) in [4.78, 5) is 0. The van der Waals surface area contributed by atoms with Crippen LogP contribution in [-0.4, -0.2) is 10.8 Å². The van der Waals surface area contributed by atoms with Crippen molar-refractivity contribution in [1.29, 1.82) is 0 Å². The Hall–Kier alpha value is -2.20. The topological polar surface area (TPSA) is 36.4 Å². The molecular weight excluding hydrogens is 314 g/mol. The van der Waals surface area contributed by atoms with Crippen LogP contribution in [0.25, 0.3) is 0 Å². The number of nitrogens with one attached hydrogen (secondary N) is 2. The molecule has 0 heterocycles. The van der Waals surface area contributed by atoms with Gasteiger partial charge in [0, 0.05) is 11.3 Å². The van der Waals surface area contributed by atoms with Gasteiger partial charge >= 0.3 is 0 Å². The van der Waals surface area contributed by atoms with Gasteiger partial charge in [-0.15, -0.1) is 0 Å². The third-order valence-electron chi connectivity index (χ3n) is 4.45. The number of anilines is 1. The first-order valence-electron chi connectivity index (χ1n) is 8.34. The van der Waals surface area contributed by atoms with E-state index in [2.05, 4.69) is 54.8 Å². The van der Waals surface area contributed by atoms with E-state index in [-0.39, 0.29) is 0 Å². The normalized spacial score (nSPS) is 15.0. The molecule has 3 nitrogen and oxygen atoms in total. The number of hydrazone groups is 1. The molecule has 24 heavy (non-hydrogen) atoms. The highest BCUT2D eigenvalue weighted by Gasteiger charge is 2.18. The van der Waals surface area contributed by atoms with E-state index in [0.29, 0.717) is 5.11 Å². The highest BCUT2D eigenvalue weighted by atomic mass is 32.1. The maximum atomic E-state index is 5.39. The molecule has 0 spiro atoms. The van der Waals surface area contributed by atoms with Gasteiger partial charge in [-0.25, -0.2) is 0 Å². The van der Waals surface area contributed by atoms with E-state index in [4.69, 9.17) is 12.2 Å². The van der Waals surface area contributed by atoms with E-state index in [9.17, 15) is 0 Å². The summed E-state index contributed by atoms with van der Waals surface area (Å²) in [6.45, 7) is 6.38. The molecule has 124 valence electrons. The second-order valence-electron chi connectivity index (χ2n) is 6.40. The van der Waals surface area contributed by atoms with Crippen molar-refractivity contribution in [3.8, 4) is 0 Å². The Bertz CT molecular complexity index is 809. The van der Waals surface area contributed by atoms with Gasteiger partial charge in [-0.2, -0.15) is 5.10 Å². The van der Waals surface area contributed by atoms with Crippen molar-refractivity contribution < 1.29 is 0 Å². The molecule has 0 unspecified atom stereocenters. The Labute approximate surface area is 149 Å². The quantitative estimate of drug-likeness (QED) is 0.619. The molecule has 3 rings (SSSR count). The molecule has 2 aromatic rings. The zero-order valence-corrected chi connectivity index (χ0v) is 15.3. The van der Waals surface area contributed by atoms with Crippen LogP contribution in [0.4, 0.5) is 5.69 Å². The molecule has 0 amide bonds. The van der Waals surface area contributed by atoms with Crippen molar-refractivity contribution >= 4 is 28.7 Å². The van der Waals surface area contributed by atoms with Crippen molar-refractivity contribution in [3.05, 3.63) is 64.2 Å². The number of para-hydroxylation sites is 1. The molecule has 0 saturated heterocycles. The Morgan fingerprint density at radius 2 is 1.83 bits per heavy atom. The summed E-state index contributed by atoms with van der Waals surface area (Å²) in [6, 6.07) is 12.6. The van der Waals surface area contributed by atoms with Crippen molar-refractivity contribution in [3.63, 3.8) is 0 Å². The molecule has 0 atom stereocenters. The number of benzene rings is 2. The average molecular weight is 337 g/mol. The fourth-order valence-electron chi connectivity index (χ4n) is 3.25. The summed E-state index contributed by atoms with van der Waals surface area (Å²) in [5.74, 6) is 0. The Morgan fingerprint density at radius 1 is 1.04 bits per heavy atom. The molecule has 0 aromatic heterocycles. The van der Waals surface area contributed by atoms with Crippen LogP contribution in [0.15, 0.2) is 41.5 Å². The Kier molecular flexibility index (Phi) is 4.95. The highest BCUT2D eigenvalue weighted by molar-refractivity contribution is 7.80. The van der Waals surface area contributed by atoms with Gasteiger partial charge in [0.05, 0.1) is 5.71 Å². The minimum Gasteiger partial charge on any atom is -0.331 e. The van der Waals surface area contributed by atoms with Crippen LogP contribution in [0.5, 0.6) is 0 Å². The second-order valence-corrected chi connectivity index (χ2v) is 6.81. The Morgan fingerprint density at radius 3 is 2.62 bits per heavy atom. The molecule has 0 fully saturated rings. The van der Waals surface area contributed by atoms with Gasteiger partial charge in [0.15, 0.2) is 5.11 Å². The number of hydrogen-bond donors (Lipinski definition) is 2. The van der Waals surface area contributed by atoms with Crippen molar-refractivity contribution in [2.45, 2.75) is 40.0 Å².